The van der Waals surface area contributed by atoms with Crippen LogP contribution in [0.4, 0.5) is 5.82 Å². The van der Waals surface area contributed by atoms with Crippen LogP contribution in [-0.4, -0.2) is 29.4 Å². The molecule has 2 aromatic rings. The molecule has 0 aliphatic rings. The number of nitrogens with one attached hydrogen (secondary N) is 1. The minimum Gasteiger partial charge on any atom is -0.497 e. The summed E-state index contributed by atoms with van der Waals surface area (Å²) in [5.74, 6) is 1.72. The Balaban J connectivity index is 1.74. The predicted molar refractivity (Wildman–Crippen MR) is 84.3 cm³/mol. The summed E-state index contributed by atoms with van der Waals surface area (Å²) in [6.07, 6.45) is 2.28. The van der Waals surface area contributed by atoms with E-state index in [1.807, 2.05) is 30.3 Å². The molecular formula is C16H18N4O3. The Morgan fingerprint density at radius 3 is 2.70 bits per heavy atom. The van der Waals surface area contributed by atoms with E-state index in [0.717, 1.165) is 11.5 Å². The summed E-state index contributed by atoms with van der Waals surface area (Å²) >= 11 is 0. The normalized spacial score (nSPS) is 9.96. The lowest BCUT2D eigenvalue weighted by Gasteiger charge is -2.08. The summed E-state index contributed by atoms with van der Waals surface area (Å²) in [6.45, 7) is 0.427. The highest BCUT2D eigenvalue weighted by molar-refractivity contribution is 5.91. The van der Waals surface area contributed by atoms with E-state index < -0.39 is 0 Å². The molecule has 0 saturated carbocycles. The number of hydrogen-bond donors (Lipinski definition) is 1. The van der Waals surface area contributed by atoms with Gasteiger partial charge in [-0.05, 0) is 30.7 Å². The Bertz CT molecular complexity index is 701. The summed E-state index contributed by atoms with van der Waals surface area (Å²) in [5.41, 5.74) is 0.343. The van der Waals surface area contributed by atoms with Crippen molar-refractivity contribution in [1.29, 1.82) is 5.26 Å². The van der Waals surface area contributed by atoms with Gasteiger partial charge in [0, 0.05) is 13.5 Å². The first-order chi connectivity index (χ1) is 11.1. The number of ether oxygens (including phenoxy) is 2. The van der Waals surface area contributed by atoms with E-state index in [-0.39, 0.29) is 5.91 Å². The van der Waals surface area contributed by atoms with Gasteiger partial charge in [0.2, 0.25) is 5.91 Å². The van der Waals surface area contributed by atoms with Crippen LogP contribution in [0, 0.1) is 11.3 Å². The number of hydrogen-bond acceptors (Lipinski definition) is 5. The molecule has 1 aromatic carbocycles. The largest absolute Gasteiger partial charge is 0.497 e. The second kappa shape index (κ2) is 7.84. The molecule has 0 spiro atoms. The SMILES string of the molecule is COc1ccc(OCCCC(=O)Nc2c(C#N)cnn2C)cc1. The van der Waals surface area contributed by atoms with Crippen LogP contribution in [0.1, 0.15) is 18.4 Å². The van der Waals surface area contributed by atoms with Crippen molar-refractivity contribution < 1.29 is 14.3 Å². The molecule has 120 valence electrons. The number of carbonyl (C=O) groups is 1. The molecule has 0 saturated heterocycles. The monoisotopic (exact) mass is 314 g/mol. The molecule has 1 aromatic heterocycles. The molecule has 0 aliphatic heterocycles. The van der Waals surface area contributed by atoms with Gasteiger partial charge in [-0.1, -0.05) is 0 Å². The second-order valence-electron chi connectivity index (χ2n) is 4.82. The van der Waals surface area contributed by atoms with Crippen LogP contribution in [0.3, 0.4) is 0 Å². The molecule has 2 rings (SSSR count). The quantitative estimate of drug-likeness (QED) is 0.791. The Kier molecular flexibility index (Phi) is 5.58. The number of aryl methyl sites for hydroxylation is 1. The third kappa shape index (κ3) is 4.48. The van der Waals surface area contributed by atoms with Crippen LogP contribution >= 0.6 is 0 Å². The van der Waals surface area contributed by atoms with Crippen LogP contribution in [0.15, 0.2) is 30.5 Å². The van der Waals surface area contributed by atoms with Crippen LogP contribution in [0.2, 0.25) is 0 Å². The molecule has 0 aliphatic carbocycles. The summed E-state index contributed by atoms with van der Waals surface area (Å²) in [7, 11) is 3.28. The maximum Gasteiger partial charge on any atom is 0.225 e. The molecular weight excluding hydrogens is 296 g/mol. The number of rotatable bonds is 7. The van der Waals surface area contributed by atoms with E-state index in [2.05, 4.69) is 10.4 Å². The van der Waals surface area contributed by atoms with Crippen molar-refractivity contribution in [3.8, 4) is 17.6 Å². The average molecular weight is 314 g/mol. The van der Waals surface area contributed by atoms with Crippen molar-refractivity contribution in [1.82, 2.24) is 9.78 Å². The maximum atomic E-state index is 11.9. The van der Waals surface area contributed by atoms with Crippen LogP contribution in [-0.2, 0) is 11.8 Å². The lowest BCUT2D eigenvalue weighted by Crippen LogP contribution is -2.16. The van der Waals surface area contributed by atoms with E-state index in [9.17, 15) is 4.79 Å². The highest BCUT2D eigenvalue weighted by Crippen LogP contribution is 2.17. The van der Waals surface area contributed by atoms with Crippen molar-refractivity contribution in [3.05, 3.63) is 36.0 Å². The fraction of sp³-hybridized carbons (Fsp3) is 0.312. The highest BCUT2D eigenvalue weighted by atomic mass is 16.5. The molecule has 0 fully saturated rings. The van der Waals surface area contributed by atoms with Crippen molar-refractivity contribution in [3.63, 3.8) is 0 Å². The number of benzene rings is 1. The van der Waals surface area contributed by atoms with Gasteiger partial charge in [0.15, 0.2) is 0 Å². The van der Waals surface area contributed by atoms with Gasteiger partial charge < -0.3 is 14.8 Å². The van der Waals surface area contributed by atoms with Crippen molar-refractivity contribution in [2.45, 2.75) is 12.8 Å². The smallest absolute Gasteiger partial charge is 0.225 e. The first-order valence-corrected chi connectivity index (χ1v) is 7.13. The van der Waals surface area contributed by atoms with Crippen molar-refractivity contribution in [2.24, 2.45) is 7.05 Å². The van der Waals surface area contributed by atoms with E-state index in [0.29, 0.717) is 30.8 Å². The number of methoxy groups -OCH3 is 1. The number of nitriles is 1. The zero-order valence-corrected chi connectivity index (χ0v) is 13.1. The first kappa shape index (κ1) is 16.4. The Labute approximate surface area is 134 Å². The lowest BCUT2D eigenvalue weighted by molar-refractivity contribution is -0.116. The van der Waals surface area contributed by atoms with Crippen LogP contribution < -0.4 is 14.8 Å². The fourth-order valence-corrected chi connectivity index (χ4v) is 1.96. The second-order valence-corrected chi connectivity index (χ2v) is 4.82. The molecule has 1 N–H and O–H groups in total. The lowest BCUT2D eigenvalue weighted by atomic mass is 10.3. The van der Waals surface area contributed by atoms with Gasteiger partial charge in [0.1, 0.15) is 28.9 Å². The fourth-order valence-electron chi connectivity index (χ4n) is 1.96. The highest BCUT2D eigenvalue weighted by Gasteiger charge is 2.11. The van der Waals surface area contributed by atoms with E-state index in [1.165, 1.54) is 10.9 Å². The van der Waals surface area contributed by atoms with E-state index in [4.69, 9.17) is 14.7 Å². The zero-order chi connectivity index (χ0) is 16.7. The van der Waals surface area contributed by atoms with Crippen LogP contribution in [0.25, 0.3) is 0 Å². The third-order valence-electron chi connectivity index (χ3n) is 3.19. The standard InChI is InChI=1S/C16H18N4O3/c1-20-16(12(10-17)11-18-20)19-15(21)4-3-9-23-14-7-5-13(22-2)6-8-14/h5-8,11H,3-4,9H2,1-2H3,(H,19,21). The number of nitrogens with zero attached hydrogens (tertiary/aromatic N) is 3. The first-order valence-electron chi connectivity index (χ1n) is 7.13. The van der Waals surface area contributed by atoms with Gasteiger partial charge in [-0.25, -0.2) is 0 Å². The summed E-state index contributed by atoms with van der Waals surface area (Å²) in [5, 5.41) is 15.6. The number of anilines is 1. The minimum atomic E-state index is -0.177. The molecule has 0 atom stereocenters. The molecule has 0 radical (unpaired) electrons. The van der Waals surface area contributed by atoms with E-state index in [1.54, 1.807) is 14.2 Å². The van der Waals surface area contributed by atoms with E-state index >= 15 is 0 Å². The topological polar surface area (TPSA) is 89.2 Å². The van der Waals surface area contributed by atoms with Crippen molar-refractivity contribution >= 4 is 11.7 Å². The molecule has 1 heterocycles. The molecule has 0 bridgehead atoms. The molecule has 0 unspecified atom stereocenters. The van der Waals surface area contributed by atoms with Crippen LogP contribution in [0.5, 0.6) is 11.5 Å². The average Bonchev–Trinajstić information content (AvgIpc) is 2.92. The Hall–Kier alpha value is -3.01. The molecule has 1 amide bonds. The van der Waals surface area contributed by atoms with Gasteiger partial charge in [0.25, 0.3) is 0 Å². The number of aromatic nitrogens is 2. The van der Waals surface area contributed by atoms with Gasteiger partial charge in [0.05, 0.1) is 19.9 Å². The molecule has 7 heteroatoms. The number of amides is 1. The molecule has 23 heavy (non-hydrogen) atoms. The van der Waals surface area contributed by atoms with Gasteiger partial charge >= 0.3 is 0 Å². The molecule has 7 nitrogen and oxygen atoms in total. The minimum absolute atomic E-state index is 0.177. The summed E-state index contributed by atoms with van der Waals surface area (Å²) in [4.78, 5) is 11.9. The Morgan fingerprint density at radius 1 is 1.35 bits per heavy atom. The van der Waals surface area contributed by atoms with Gasteiger partial charge in [-0.3, -0.25) is 9.48 Å². The summed E-state index contributed by atoms with van der Waals surface area (Å²) < 4.78 is 12.1. The number of carbonyl (C=O) groups excluding carboxylic acids is 1. The van der Waals surface area contributed by atoms with Crippen molar-refractivity contribution in [2.75, 3.05) is 19.0 Å². The predicted octanol–water partition coefficient (Wildman–Crippen LogP) is 2.10. The zero-order valence-electron chi connectivity index (χ0n) is 13.1. The Morgan fingerprint density at radius 2 is 2.04 bits per heavy atom. The summed E-state index contributed by atoms with van der Waals surface area (Å²) in [6, 6.07) is 9.24. The van der Waals surface area contributed by atoms with Gasteiger partial charge in [-0.15, -0.1) is 0 Å². The maximum absolute atomic E-state index is 11.9. The third-order valence-corrected chi connectivity index (χ3v) is 3.19. The van der Waals surface area contributed by atoms with Gasteiger partial charge in [-0.2, -0.15) is 10.4 Å².